The standard InChI is InChI=1S/C10H23N3O/c1-10(2,3)13-8-7-12-6-4-5-9(11)14/h12-13H,4-8H2,1-3H3,(H2,11,14). The van der Waals surface area contributed by atoms with E-state index in [1.807, 2.05) is 0 Å². The second-order valence-electron chi connectivity index (χ2n) is 4.50. The molecule has 0 aromatic carbocycles. The van der Waals surface area contributed by atoms with Crippen molar-refractivity contribution < 1.29 is 4.79 Å². The molecule has 0 rings (SSSR count). The summed E-state index contributed by atoms with van der Waals surface area (Å²) in [5.74, 6) is -0.223. The van der Waals surface area contributed by atoms with Gasteiger partial charge in [-0.15, -0.1) is 0 Å². The highest BCUT2D eigenvalue weighted by atomic mass is 16.1. The maximum absolute atomic E-state index is 10.4. The molecule has 0 radical (unpaired) electrons. The van der Waals surface area contributed by atoms with Crippen LogP contribution in [0.15, 0.2) is 0 Å². The van der Waals surface area contributed by atoms with Gasteiger partial charge in [-0.1, -0.05) is 0 Å². The molecule has 0 spiro atoms. The first-order valence-electron chi connectivity index (χ1n) is 5.16. The molecule has 0 bridgehead atoms. The minimum Gasteiger partial charge on any atom is -0.370 e. The van der Waals surface area contributed by atoms with Crippen LogP contribution in [0, 0.1) is 0 Å². The van der Waals surface area contributed by atoms with Crippen LogP contribution in [-0.4, -0.2) is 31.1 Å². The van der Waals surface area contributed by atoms with Gasteiger partial charge in [0, 0.05) is 25.0 Å². The first kappa shape index (κ1) is 13.4. The Morgan fingerprint density at radius 2 is 1.86 bits per heavy atom. The zero-order chi connectivity index (χ0) is 11.0. The van der Waals surface area contributed by atoms with E-state index in [-0.39, 0.29) is 11.4 Å². The highest BCUT2D eigenvalue weighted by Gasteiger charge is 2.06. The van der Waals surface area contributed by atoms with Crippen LogP contribution in [0.25, 0.3) is 0 Å². The van der Waals surface area contributed by atoms with E-state index in [1.165, 1.54) is 0 Å². The van der Waals surface area contributed by atoms with Gasteiger partial charge in [0.15, 0.2) is 0 Å². The van der Waals surface area contributed by atoms with Gasteiger partial charge in [-0.05, 0) is 33.7 Å². The van der Waals surface area contributed by atoms with E-state index in [1.54, 1.807) is 0 Å². The lowest BCUT2D eigenvalue weighted by Crippen LogP contribution is -2.40. The van der Waals surface area contributed by atoms with Gasteiger partial charge < -0.3 is 16.4 Å². The van der Waals surface area contributed by atoms with Crippen molar-refractivity contribution >= 4 is 5.91 Å². The molecular weight excluding hydrogens is 178 g/mol. The molecule has 0 aromatic heterocycles. The summed E-state index contributed by atoms with van der Waals surface area (Å²) >= 11 is 0. The molecule has 0 saturated heterocycles. The molecule has 0 aliphatic carbocycles. The van der Waals surface area contributed by atoms with Crippen LogP contribution in [0.4, 0.5) is 0 Å². The summed E-state index contributed by atoms with van der Waals surface area (Å²) in [6.45, 7) is 9.14. The molecule has 0 aromatic rings. The third-order valence-corrected chi connectivity index (χ3v) is 1.73. The molecule has 1 amide bonds. The molecule has 0 fully saturated rings. The topological polar surface area (TPSA) is 67.2 Å². The fraction of sp³-hybridized carbons (Fsp3) is 0.900. The van der Waals surface area contributed by atoms with Crippen molar-refractivity contribution in [3.8, 4) is 0 Å². The van der Waals surface area contributed by atoms with Crippen molar-refractivity contribution in [2.45, 2.75) is 39.2 Å². The van der Waals surface area contributed by atoms with Gasteiger partial charge in [0.05, 0.1) is 0 Å². The first-order valence-corrected chi connectivity index (χ1v) is 5.16. The van der Waals surface area contributed by atoms with E-state index in [0.29, 0.717) is 6.42 Å². The molecule has 84 valence electrons. The van der Waals surface area contributed by atoms with Gasteiger partial charge in [0.2, 0.25) is 5.91 Å². The lowest BCUT2D eigenvalue weighted by molar-refractivity contribution is -0.118. The van der Waals surface area contributed by atoms with Crippen LogP contribution in [0.3, 0.4) is 0 Å². The fourth-order valence-corrected chi connectivity index (χ4v) is 1.04. The number of hydrogen-bond donors (Lipinski definition) is 3. The molecule has 0 saturated carbocycles. The highest BCUT2D eigenvalue weighted by molar-refractivity contribution is 5.73. The van der Waals surface area contributed by atoms with Crippen LogP contribution in [0.1, 0.15) is 33.6 Å². The van der Waals surface area contributed by atoms with Gasteiger partial charge in [-0.3, -0.25) is 4.79 Å². The average molecular weight is 201 g/mol. The normalized spacial score (nSPS) is 11.6. The second-order valence-corrected chi connectivity index (χ2v) is 4.50. The monoisotopic (exact) mass is 201 g/mol. The molecule has 0 atom stereocenters. The molecule has 4 heteroatoms. The number of carbonyl (C=O) groups is 1. The number of nitrogens with two attached hydrogens (primary N) is 1. The lowest BCUT2D eigenvalue weighted by atomic mass is 10.1. The summed E-state index contributed by atoms with van der Waals surface area (Å²) in [5, 5.41) is 6.61. The Hall–Kier alpha value is -0.610. The number of carbonyl (C=O) groups excluding carboxylic acids is 1. The van der Waals surface area contributed by atoms with E-state index < -0.39 is 0 Å². The Morgan fingerprint density at radius 1 is 1.21 bits per heavy atom. The first-order chi connectivity index (χ1) is 6.42. The summed E-state index contributed by atoms with van der Waals surface area (Å²) in [4.78, 5) is 10.4. The molecule has 0 heterocycles. The highest BCUT2D eigenvalue weighted by Crippen LogP contribution is 1.96. The largest absolute Gasteiger partial charge is 0.370 e. The lowest BCUT2D eigenvalue weighted by Gasteiger charge is -2.20. The fourth-order valence-electron chi connectivity index (χ4n) is 1.04. The summed E-state index contributed by atoms with van der Waals surface area (Å²) in [7, 11) is 0. The molecule has 0 aliphatic heterocycles. The van der Waals surface area contributed by atoms with E-state index in [9.17, 15) is 4.79 Å². The smallest absolute Gasteiger partial charge is 0.217 e. The average Bonchev–Trinajstić information content (AvgIpc) is 2.00. The van der Waals surface area contributed by atoms with Gasteiger partial charge in [0.25, 0.3) is 0 Å². The number of amides is 1. The predicted molar refractivity (Wildman–Crippen MR) is 59.1 cm³/mol. The summed E-state index contributed by atoms with van der Waals surface area (Å²) in [5.41, 5.74) is 5.19. The van der Waals surface area contributed by atoms with Gasteiger partial charge in [-0.25, -0.2) is 0 Å². The number of rotatable bonds is 7. The SMILES string of the molecule is CC(C)(C)NCCNCCCC(N)=O. The number of nitrogens with one attached hydrogen (secondary N) is 2. The molecular formula is C10H23N3O. The van der Waals surface area contributed by atoms with Gasteiger partial charge in [-0.2, -0.15) is 0 Å². The third kappa shape index (κ3) is 11.4. The van der Waals surface area contributed by atoms with Crippen molar-refractivity contribution in [2.24, 2.45) is 5.73 Å². The minimum absolute atomic E-state index is 0.176. The van der Waals surface area contributed by atoms with Crippen LogP contribution >= 0.6 is 0 Å². The van der Waals surface area contributed by atoms with Crippen molar-refractivity contribution in [1.29, 1.82) is 0 Å². The molecule has 0 unspecified atom stereocenters. The van der Waals surface area contributed by atoms with E-state index in [2.05, 4.69) is 31.4 Å². The van der Waals surface area contributed by atoms with Crippen molar-refractivity contribution in [2.75, 3.05) is 19.6 Å². The van der Waals surface area contributed by atoms with Crippen LogP contribution < -0.4 is 16.4 Å². The minimum atomic E-state index is -0.223. The third-order valence-electron chi connectivity index (χ3n) is 1.73. The molecule has 14 heavy (non-hydrogen) atoms. The molecule has 4 nitrogen and oxygen atoms in total. The maximum Gasteiger partial charge on any atom is 0.217 e. The number of hydrogen-bond acceptors (Lipinski definition) is 3. The van der Waals surface area contributed by atoms with Crippen molar-refractivity contribution in [3.05, 3.63) is 0 Å². The van der Waals surface area contributed by atoms with E-state index >= 15 is 0 Å². The van der Waals surface area contributed by atoms with Gasteiger partial charge >= 0.3 is 0 Å². The summed E-state index contributed by atoms with van der Waals surface area (Å²) < 4.78 is 0. The maximum atomic E-state index is 10.4. The van der Waals surface area contributed by atoms with Crippen LogP contribution in [-0.2, 0) is 4.79 Å². The van der Waals surface area contributed by atoms with Crippen molar-refractivity contribution in [3.63, 3.8) is 0 Å². The van der Waals surface area contributed by atoms with Crippen molar-refractivity contribution in [1.82, 2.24) is 10.6 Å². The van der Waals surface area contributed by atoms with E-state index in [4.69, 9.17) is 5.73 Å². The second kappa shape index (κ2) is 6.79. The Bertz CT molecular complexity index is 163. The number of primary amides is 1. The Kier molecular flexibility index (Phi) is 6.49. The predicted octanol–water partition coefficient (Wildman–Crippen LogP) is 0.230. The zero-order valence-electron chi connectivity index (χ0n) is 9.52. The van der Waals surface area contributed by atoms with Crippen LogP contribution in [0.5, 0.6) is 0 Å². The molecule has 4 N–H and O–H groups in total. The molecule has 0 aliphatic rings. The Balaban J connectivity index is 3.11. The van der Waals surface area contributed by atoms with E-state index in [0.717, 1.165) is 26.1 Å². The van der Waals surface area contributed by atoms with Crippen LogP contribution in [0.2, 0.25) is 0 Å². The Labute approximate surface area is 86.6 Å². The summed E-state index contributed by atoms with van der Waals surface area (Å²) in [6, 6.07) is 0. The summed E-state index contributed by atoms with van der Waals surface area (Å²) in [6.07, 6.45) is 1.30. The Morgan fingerprint density at radius 3 is 2.36 bits per heavy atom. The zero-order valence-corrected chi connectivity index (χ0v) is 9.52. The van der Waals surface area contributed by atoms with Gasteiger partial charge in [0.1, 0.15) is 0 Å². The quantitative estimate of drug-likeness (QED) is 0.517.